The molecule has 1 saturated heterocycles. The van der Waals surface area contributed by atoms with Crippen molar-refractivity contribution in [3.05, 3.63) is 0 Å². The maximum atomic E-state index is 5.59. The average molecular weight is 190 g/mol. The van der Waals surface area contributed by atoms with Crippen LogP contribution in [0.5, 0.6) is 0 Å². The van der Waals surface area contributed by atoms with Crippen molar-refractivity contribution >= 4 is 11.8 Å². The van der Waals surface area contributed by atoms with Gasteiger partial charge in [0.05, 0.1) is 5.94 Å². The van der Waals surface area contributed by atoms with Crippen molar-refractivity contribution in [2.45, 2.75) is 13.2 Å². The largest absolute Gasteiger partial charge is 0.353 e. The van der Waals surface area contributed by atoms with E-state index < -0.39 is 0 Å². The fourth-order valence-electron chi connectivity index (χ4n) is 1.32. The summed E-state index contributed by atoms with van der Waals surface area (Å²) in [5, 5.41) is 3.32. The molecule has 12 heavy (non-hydrogen) atoms. The zero-order chi connectivity index (χ0) is 8.81. The summed E-state index contributed by atoms with van der Waals surface area (Å²) >= 11 is 1.73. The minimum atomic E-state index is 0.277. The molecule has 0 radical (unpaired) electrons. The summed E-state index contributed by atoms with van der Waals surface area (Å²) in [7, 11) is 0. The number of nitrogens with zero attached hydrogens (tertiary/aromatic N) is 1. The van der Waals surface area contributed by atoms with E-state index in [2.05, 4.69) is 23.4 Å². The smallest absolute Gasteiger partial charge is 0.108 e. The Kier molecular flexibility index (Phi) is 4.99. The van der Waals surface area contributed by atoms with Gasteiger partial charge in [-0.15, -0.1) is 11.8 Å². The zero-order valence-electron chi connectivity index (χ0n) is 7.88. The molecule has 3 nitrogen and oxygen atoms in total. The minimum absolute atomic E-state index is 0.277. The summed E-state index contributed by atoms with van der Waals surface area (Å²) in [4.78, 5) is 2.37. The monoisotopic (exact) mass is 190 g/mol. The molecule has 0 bridgehead atoms. The summed E-state index contributed by atoms with van der Waals surface area (Å²) in [6.45, 7) is 6.52. The Bertz CT molecular complexity index is 118. The lowest BCUT2D eigenvalue weighted by atomic mass is 10.3. The van der Waals surface area contributed by atoms with Crippen LogP contribution in [-0.2, 0) is 4.74 Å². The lowest BCUT2D eigenvalue weighted by Gasteiger charge is -2.32. The van der Waals surface area contributed by atoms with E-state index in [1.54, 1.807) is 11.8 Å². The number of thioether (sulfide) groups is 1. The van der Waals surface area contributed by atoms with Crippen molar-refractivity contribution in [1.82, 2.24) is 10.2 Å². The topological polar surface area (TPSA) is 24.5 Å². The van der Waals surface area contributed by atoms with Crippen molar-refractivity contribution in [2.75, 3.05) is 38.4 Å². The lowest BCUT2D eigenvalue weighted by Crippen LogP contribution is -2.48. The van der Waals surface area contributed by atoms with Crippen molar-refractivity contribution in [2.24, 2.45) is 0 Å². The highest BCUT2D eigenvalue weighted by Crippen LogP contribution is 2.04. The third kappa shape index (κ3) is 3.31. The summed E-state index contributed by atoms with van der Waals surface area (Å²) in [5.41, 5.74) is 0. The van der Waals surface area contributed by atoms with E-state index in [1.165, 1.54) is 0 Å². The number of nitrogens with one attached hydrogen (secondary N) is 1. The molecule has 1 atom stereocenters. The van der Waals surface area contributed by atoms with E-state index in [1.807, 2.05) is 0 Å². The first kappa shape index (κ1) is 10.3. The van der Waals surface area contributed by atoms with Crippen molar-refractivity contribution < 1.29 is 4.74 Å². The van der Waals surface area contributed by atoms with Crippen molar-refractivity contribution in [1.29, 1.82) is 0 Å². The van der Waals surface area contributed by atoms with E-state index >= 15 is 0 Å². The molecule has 0 saturated carbocycles. The molecule has 72 valence electrons. The minimum Gasteiger partial charge on any atom is -0.353 e. The first-order valence-corrected chi connectivity index (χ1v) is 5.79. The quantitative estimate of drug-likeness (QED) is 0.655. The molecule has 1 aliphatic rings. The van der Waals surface area contributed by atoms with E-state index in [0.29, 0.717) is 0 Å². The van der Waals surface area contributed by atoms with Gasteiger partial charge in [-0.1, -0.05) is 0 Å². The SMILES string of the molecule is CSCOC(C)N1CCNCC1. The maximum absolute atomic E-state index is 5.59. The molecular weight excluding hydrogens is 172 g/mol. The molecule has 1 aliphatic heterocycles. The van der Waals surface area contributed by atoms with Crippen LogP contribution in [0.25, 0.3) is 0 Å². The predicted molar refractivity (Wildman–Crippen MR) is 53.4 cm³/mol. The summed E-state index contributed by atoms with van der Waals surface area (Å²) in [5.74, 6) is 0.797. The molecule has 0 amide bonds. The molecule has 0 spiro atoms. The van der Waals surface area contributed by atoms with Gasteiger partial charge in [-0.2, -0.15) is 0 Å². The van der Waals surface area contributed by atoms with Gasteiger partial charge in [-0.05, 0) is 13.2 Å². The van der Waals surface area contributed by atoms with Gasteiger partial charge in [-0.3, -0.25) is 4.90 Å². The molecule has 0 aliphatic carbocycles. The number of hydrogen-bond donors (Lipinski definition) is 1. The van der Waals surface area contributed by atoms with E-state index in [-0.39, 0.29) is 6.23 Å². The van der Waals surface area contributed by atoms with Gasteiger partial charge in [-0.25, -0.2) is 0 Å². The summed E-state index contributed by atoms with van der Waals surface area (Å²) in [6, 6.07) is 0. The van der Waals surface area contributed by atoms with Gasteiger partial charge in [0.15, 0.2) is 0 Å². The van der Waals surface area contributed by atoms with Gasteiger partial charge in [0, 0.05) is 26.2 Å². The van der Waals surface area contributed by atoms with Crippen LogP contribution in [0.4, 0.5) is 0 Å². The number of ether oxygens (including phenoxy) is 1. The fraction of sp³-hybridized carbons (Fsp3) is 1.00. The van der Waals surface area contributed by atoms with E-state index in [4.69, 9.17) is 4.74 Å². The molecule has 1 heterocycles. The molecule has 4 heteroatoms. The van der Waals surface area contributed by atoms with Crippen molar-refractivity contribution in [3.8, 4) is 0 Å². The van der Waals surface area contributed by atoms with Crippen LogP contribution in [0.3, 0.4) is 0 Å². The number of rotatable bonds is 4. The number of piperazine rings is 1. The van der Waals surface area contributed by atoms with Crippen molar-refractivity contribution in [3.63, 3.8) is 0 Å². The van der Waals surface area contributed by atoms with Crippen LogP contribution in [0, 0.1) is 0 Å². The Hall–Kier alpha value is 0.230. The molecule has 0 aromatic heterocycles. The van der Waals surface area contributed by atoms with Crippen LogP contribution in [0.2, 0.25) is 0 Å². The lowest BCUT2D eigenvalue weighted by molar-refractivity contribution is -0.0312. The average Bonchev–Trinajstić information content (AvgIpc) is 2.15. The van der Waals surface area contributed by atoms with Crippen LogP contribution < -0.4 is 5.32 Å². The molecule has 0 aromatic carbocycles. The predicted octanol–water partition coefficient (Wildman–Crippen LogP) is 0.575. The normalized spacial score (nSPS) is 22.5. The second kappa shape index (κ2) is 5.80. The molecule has 1 N–H and O–H groups in total. The summed E-state index contributed by atoms with van der Waals surface area (Å²) in [6.07, 6.45) is 2.34. The first-order valence-electron chi connectivity index (χ1n) is 4.40. The number of hydrogen-bond acceptors (Lipinski definition) is 4. The highest BCUT2D eigenvalue weighted by molar-refractivity contribution is 7.98. The van der Waals surface area contributed by atoms with E-state index in [9.17, 15) is 0 Å². The van der Waals surface area contributed by atoms with Gasteiger partial charge >= 0.3 is 0 Å². The van der Waals surface area contributed by atoms with Gasteiger partial charge < -0.3 is 10.1 Å². The Morgan fingerprint density at radius 3 is 2.75 bits per heavy atom. The molecular formula is C8H18N2OS. The summed E-state index contributed by atoms with van der Waals surface area (Å²) < 4.78 is 5.59. The third-order valence-electron chi connectivity index (χ3n) is 2.09. The molecule has 1 fully saturated rings. The highest BCUT2D eigenvalue weighted by Gasteiger charge is 2.15. The van der Waals surface area contributed by atoms with Crippen LogP contribution in [0.15, 0.2) is 0 Å². The fourth-order valence-corrected chi connectivity index (χ4v) is 1.65. The zero-order valence-corrected chi connectivity index (χ0v) is 8.69. The highest BCUT2D eigenvalue weighted by atomic mass is 32.2. The Morgan fingerprint density at radius 1 is 1.50 bits per heavy atom. The van der Waals surface area contributed by atoms with Gasteiger partial charge in [0.25, 0.3) is 0 Å². The van der Waals surface area contributed by atoms with E-state index in [0.717, 1.165) is 32.1 Å². The van der Waals surface area contributed by atoms with Crippen LogP contribution in [0.1, 0.15) is 6.92 Å². The Labute approximate surface area is 78.8 Å². The molecule has 1 unspecified atom stereocenters. The molecule has 0 aromatic rings. The Balaban J connectivity index is 2.15. The standard InChI is InChI=1S/C8H18N2OS/c1-8(11-7-12-2)10-5-3-9-4-6-10/h8-9H,3-7H2,1-2H3. The van der Waals surface area contributed by atoms with Crippen LogP contribution in [-0.4, -0.2) is 49.5 Å². The third-order valence-corrected chi connectivity index (χ3v) is 2.46. The maximum Gasteiger partial charge on any atom is 0.108 e. The van der Waals surface area contributed by atoms with Gasteiger partial charge in [0.1, 0.15) is 6.23 Å². The second-order valence-corrected chi connectivity index (χ2v) is 3.77. The Morgan fingerprint density at radius 2 is 2.17 bits per heavy atom. The van der Waals surface area contributed by atoms with Gasteiger partial charge in [0.2, 0.25) is 0 Å². The molecule has 1 rings (SSSR count). The second-order valence-electron chi connectivity index (χ2n) is 2.96. The first-order chi connectivity index (χ1) is 5.84. The van der Waals surface area contributed by atoms with Crippen LogP contribution >= 0.6 is 11.8 Å².